The number of nitrogens with one attached hydrogen (secondary N) is 1. The molecule has 0 amide bonds. The van der Waals surface area contributed by atoms with Crippen molar-refractivity contribution in [1.29, 1.82) is 0 Å². The van der Waals surface area contributed by atoms with Crippen molar-refractivity contribution < 1.29 is 23.7 Å². The van der Waals surface area contributed by atoms with E-state index < -0.39 is 6.43 Å². The van der Waals surface area contributed by atoms with Crippen molar-refractivity contribution in [3.05, 3.63) is 22.8 Å². The smallest absolute Gasteiger partial charge is 0.241 e. The number of alkyl halides is 2. The fraction of sp³-hybridized carbons (Fsp3) is 0.979. The molecule has 3 aliphatic carbocycles. The van der Waals surface area contributed by atoms with Gasteiger partial charge in [0.05, 0.1) is 18.6 Å². The van der Waals surface area contributed by atoms with Crippen molar-refractivity contribution in [2.75, 3.05) is 105 Å². The van der Waals surface area contributed by atoms with Crippen LogP contribution in [0, 0.1) is 47.6 Å². The van der Waals surface area contributed by atoms with E-state index >= 15 is 0 Å². The van der Waals surface area contributed by atoms with Gasteiger partial charge >= 0.3 is 0 Å². The molecule has 0 aromatic rings. The average molecular weight is 1570 g/mol. The molecule has 9 saturated heterocycles. The molecule has 111 heavy (non-hydrogen) atoms. The Kier molecular flexibility index (Phi) is 43.5. The Bertz CT molecular complexity index is 2470. The summed E-state index contributed by atoms with van der Waals surface area (Å²) >= 11 is 0. The van der Waals surface area contributed by atoms with Gasteiger partial charge in [-0.05, 0) is 357 Å². The van der Waals surface area contributed by atoms with Crippen LogP contribution >= 0.6 is 0 Å². The zero-order valence-corrected chi connectivity index (χ0v) is 78.0. The summed E-state index contributed by atoms with van der Waals surface area (Å²) in [5.74, 6) is 2.49. The Labute approximate surface area is 687 Å². The fourth-order valence-corrected chi connectivity index (χ4v) is 19.9. The Morgan fingerprint density at radius 1 is 0.423 bits per heavy atom. The van der Waals surface area contributed by atoms with Gasteiger partial charge in [-0.15, -0.1) is 0 Å². The number of ether oxygens (including phenoxy) is 1. The van der Waals surface area contributed by atoms with E-state index in [4.69, 9.17) is 28.1 Å². The first-order valence-corrected chi connectivity index (χ1v) is 46.5. The Morgan fingerprint density at radius 2 is 0.784 bits per heavy atom. The average Bonchev–Trinajstić information content (AvgIpc) is 1.60. The summed E-state index contributed by atoms with van der Waals surface area (Å²) in [5, 5.41) is 20.9. The van der Waals surface area contributed by atoms with Crippen molar-refractivity contribution in [2.24, 2.45) is 34.5 Å². The van der Waals surface area contributed by atoms with Gasteiger partial charge in [-0.25, -0.2) is 21.9 Å². The number of piperidine rings is 8. The molecule has 12 aliphatic rings. The normalized spacial score (nSPS) is 27.3. The second-order valence-electron chi connectivity index (χ2n) is 44.7. The maximum atomic E-state index is 12.3. The van der Waals surface area contributed by atoms with Gasteiger partial charge in [0, 0.05) is 127 Å². The fourth-order valence-electron chi connectivity index (χ4n) is 19.9. The minimum atomic E-state index is -2.12. The largest absolute Gasteiger partial charge is 0.396 e. The number of aliphatic hydroxyl groups excluding tert-OH is 2. The minimum Gasteiger partial charge on any atom is -0.396 e. The topological polar surface area (TPSA) is 93.1 Å². The molecule has 12 fully saturated rings. The van der Waals surface area contributed by atoms with Gasteiger partial charge in [-0.2, -0.15) is 0 Å². The van der Waals surface area contributed by atoms with Crippen molar-refractivity contribution >= 4 is 0 Å². The minimum absolute atomic E-state index is 0.0816. The van der Waals surface area contributed by atoms with E-state index in [-0.39, 0.29) is 28.1 Å². The Morgan fingerprint density at radius 3 is 1.11 bits per heavy atom. The van der Waals surface area contributed by atoms with Gasteiger partial charge in [0.25, 0.3) is 0 Å². The molecule has 13 nitrogen and oxygen atoms in total. The monoisotopic (exact) mass is 1570 g/mol. The number of aliphatic hydroxyl groups is 2. The van der Waals surface area contributed by atoms with E-state index in [0.29, 0.717) is 77.2 Å². The zero-order chi connectivity index (χ0) is 83.3. The van der Waals surface area contributed by atoms with Crippen molar-refractivity contribution in [1.82, 2.24) is 39.6 Å². The highest BCUT2D eigenvalue weighted by atomic mass is 19.3. The maximum Gasteiger partial charge on any atom is 0.241 e. The van der Waals surface area contributed by atoms with Crippen LogP contribution in [-0.4, -0.2) is 230 Å². The van der Waals surface area contributed by atoms with Gasteiger partial charge in [0.2, 0.25) is 18.0 Å². The lowest BCUT2D eigenvalue weighted by Gasteiger charge is -2.50. The van der Waals surface area contributed by atoms with Crippen LogP contribution in [0.2, 0.25) is 0 Å². The van der Waals surface area contributed by atoms with Gasteiger partial charge in [0.1, 0.15) is 0 Å². The van der Waals surface area contributed by atoms with E-state index in [1.54, 1.807) is 0 Å². The molecule has 15 heteroatoms. The summed E-state index contributed by atoms with van der Waals surface area (Å²) in [6, 6.07) is 3.37. The first kappa shape index (κ1) is 102. The lowest BCUT2D eigenvalue weighted by Crippen LogP contribution is -2.54. The van der Waals surface area contributed by atoms with E-state index in [1.165, 1.54) is 219 Å². The van der Waals surface area contributed by atoms with Gasteiger partial charge in [-0.1, -0.05) is 85.0 Å². The standard InChI is InChI=1S/2C15H29N.C12H20N2.C11H20N2.C11H21NO.C11H23NO.C10H19F2N.C7H15NO.C4H10/c2*1-15(2,3)16-12-8-7-11-14(16)13-9-5-4-6-10-13;1-11(2,3)14-7-5-12(6-8-14)9-10(12)13-4;1-10(2,3)13-8-6-11(4,12-5)7-9-13;1-10(2,3)12-6-4-11(5-7-12)8-13-9-11;1-11(2,3)12-8-5-4-6-10(12)7-9-13;1-10(2,3)13-6-4-8(5-7-13)9(11)12;9-6-4-7-3-1-2-5-8-7;1-4(2)3/h2*13-14H,4-12H2,1-3H3;10H,5-9H2,1-3H3;6-9H2,1-4H3;4-9H2,1-3H3;10,13H,4-9H2,1-3H3;8-9H,4-7H2,1-3H3;7-9H,1-6H2;4H,1-3H3/t2*14-;;;;10-;;7-;/m10...0.1./s1. The molecule has 12 rings (SSSR count). The molecule has 9 heterocycles. The number of halogens is 2. The van der Waals surface area contributed by atoms with Crippen molar-refractivity contribution in [3.63, 3.8) is 0 Å². The van der Waals surface area contributed by atoms with E-state index in [0.717, 1.165) is 101 Å². The van der Waals surface area contributed by atoms with Crippen LogP contribution in [0.15, 0.2) is 0 Å². The second kappa shape index (κ2) is 47.4. The molecule has 3 saturated carbocycles. The first-order chi connectivity index (χ1) is 51.7. The van der Waals surface area contributed by atoms with Crippen molar-refractivity contribution in [3.8, 4) is 0 Å². The molecule has 0 aromatic carbocycles. The SMILES string of the molecule is CC(C)(C)N1CCC(C(F)F)CC1.CC(C)(C)N1CCC2(CC1)COC2.CC(C)(C)N1CCCC[C@@H]1C1CCCCC1.CC(C)(C)N1CCCC[C@H]1C1CCCCC1.CC(C)(C)N1CCCC[C@H]1CCO.CC(C)C.OCC[C@H]1CCCCN1.[C-]#[N+]C1(C)CCN(C(C)(C)C)CC1.[C-]#[N+]C1CC12CCN(C(C)(C)C)CC2. The molecule has 0 radical (unpaired) electrons. The lowest BCUT2D eigenvalue weighted by molar-refractivity contribution is -0.145. The third kappa shape index (κ3) is 36.5. The molecular weight excluding hydrogens is 1380 g/mol. The van der Waals surface area contributed by atoms with E-state index in [9.17, 15) is 8.78 Å². The van der Waals surface area contributed by atoms with Crippen LogP contribution in [0.5, 0.6) is 0 Å². The van der Waals surface area contributed by atoms with Crippen LogP contribution in [0.25, 0.3) is 9.69 Å². The van der Waals surface area contributed by atoms with Crippen LogP contribution in [0.3, 0.4) is 0 Å². The summed E-state index contributed by atoms with van der Waals surface area (Å²) in [5.41, 5.74) is 3.03. The zero-order valence-electron chi connectivity index (χ0n) is 78.0. The molecule has 3 N–H and O–H groups in total. The van der Waals surface area contributed by atoms with E-state index in [1.807, 2.05) is 0 Å². The van der Waals surface area contributed by atoms with Crippen LogP contribution in [-0.2, 0) is 4.74 Å². The predicted molar refractivity (Wildman–Crippen MR) is 472 cm³/mol. The molecule has 652 valence electrons. The molecule has 1 unspecified atom stereocenters. The summed E-state index contributed by atoms with van der Waals surface area (Å²) in [6.45, 7) is 87.3. The molecule has 5 atom stereocenters. The number of nitrogens with zero attached hydrogens (tertiary/aromatic N) is 9. The summed E-state index contributed by atoms with van der Waals surface area (Å²) < 4.78 is 30.0. The van der Waals surface area contributed by atoms with E-state index in [2.05, 4.69) is 222 Å². The lowest BCUT2D eigenvalue weighted by atomic mass is 9.76. The molecule has 9 aliphatic heterocycles. The summed E-state index contributed by atoms with van der Waals surface area (Å²) in [4.78, 5) is 25.5. The summed E-state index contributed by atoms with van der Waals surface area (Å²) in [6.07, 6.45) is 40.8. The second-order valence-corrected chi connectivity index (χ2v) is 44.7. The third-order valence-corrected chi connectivity index (χ3v) is 27.6. The number of likely N-dealkylation sites (tertiary alicyclic amines) is 7. The van der Waals surface area contributed by atoms with Crippen LogP contribution < -0.4 is 5.32 Å². The molecule has 0 aromatic heterocycles. The van der Waals surface area contributed by atoms with Crippen LogP contribution in [0.1, 0.15) is 385 Å². The quantitative estimate of drug-likeness (QED) is 0.213. The molecule has 0 bridgehead atoms. The predicted octanol–water partition coefficient (Wildman–Crippen LogP) is 22.4. The Balaban J connectivity index is 0.000000267. The highest BCUT2D eigenvalue weighted by Gasteiger charge is 2.61. The highest BCUT2D eigenvalue weighted by molar-refractivity contribution is 5.15. The number of hydrogen-bond donors (Lipinski definition) is 3. The molecule has 2 spiro atoms. The Hall–Kier alpha value is -1.60. The third-order valence-electron chi connectivity index (χ3n) is 27.6. The summed E-state index contributed by atoms with van der Waals surface area (Å²) in [7, 11) is 0. The van der Waals surface area contributed by atoms with Gasteiger partial charge < -0.3 is 30.0 Å². The van der Waals surface area contributed by atoms with Crippen LogP contribution in [0.4, 0.5) is 8.78 Å². The van der Waals surface area contributed by atoms with Crippen molar-refractivity contribution in [2.45, 2.75) is 466 Å². The first-order valence-electron chi connectivity index (χ1n) is 46.5. The molecular formula is C96H186F2N10O3. The highest BCUT2D eigenvalue weighted by Crippen LogP contribution is 2.56. The number of rotatable bonds is 7. The van der Waals surface area contributed by atoms with Gasteiger partial charge in [0.15, 0.2) is 0 Å². The van der Waals surface area contributed by atoms with Gasteiger partial charge in [-0.3, -0.25) is 34.3 Å². The number of hydrogen-bond acceptors (Lipinski definition) is 11. The maximum absolute atomic E-state index is 12.3.